The second-order valence-corrected chi connectivity index (χ2v) is 3.55. The van der Waals surface area contributed by atoms with Crippen molar-refractivity contribution in [1.82, 2.24) is 0 Å². The Morgan fingerprint density at radius 2 is 2.08 bits per heavy atom. The Morgan fingerprint density at radius 1 is 1.46 bits per heavy atom. The molecule has 0 aromatic carbocycles. The molecule has 74 valence electrons. The molecule has 0 aliphatic rings. The molecular formula is C11H18O2. The summed E-state index contributed by atoms with van der Waals surface area (Å²) in [5, 5.41) is 18.1. The lowest BCUT2D eigenvalue weighted by atomic mass is 10.0. The van der Waals surface area contributed by atoms with Crippen molar-refractivity contribution in [3.05, 3.63) is 11.6 Å². The van der Waals surface area contributed by atoms with Crippen molar-refractivity contribution in [2.24, 2.45) is 0 Å². The van der Waals surface area contributed by atoms with Gasteiger partial charge in [0.05, 0.1) is 0 Å². The zero-order valence-corrected chi connectivity index (χ0v) is 8.59. The van der Waals surface area contributed by atoms with E-state index < -0.39 is 5.60 Å². The molecule has 0 fully saturated rings. The molecule has 0 saturated carbocycles. The molecule has 0 amide bonds. The number of hydrogen-bond acceptors (Lipinski definition) is 2. The average Bonchev–Trinajstić information content (AvgIpc) is 2.00. The first-order valence-corrected chi connectivity index (χ1v) is 4.44. The molecule has 0 bridgehead atoms. The normalized spacial score (nSPS) is 13.9. The highest BCUT2D eigenvalue weighted by atomic mass is 16.3. The Hall–Kier alpha value is -0.780. The van der Waals surface area contributed by atoms with Crippen molar-refractivity contribution in [2.45, 2.75) is 39.2 Å². The summed E-state index contributed by atoms with van der Waals surface area (Å²) in [7, 11) is 0. The molecule has 0 radical (unpaired) electrons. The predicted octanol–water partition coefficient (Wildman–Crippen LogP) is 1.48. The van der Waals surface area contributed by atoms with Crippen LogP contribution in [0.1, 0.15) is 33.6 Å². The number of allylic oxidation sites excluding steroid dienone is 2. The first-order valence-electron chi connectivity index (χ1n) is 4.44. The Kier molecular flexibility index (Phi) is 5.45. The second-order valence-electron chi connectivity index (χ2n) is 3.55. The molecule has 0 saturated heterocycles. The summed E-state index contributed by atoms with van der Waals surface area (Å²) < 4.78 is 0. The van der Waals surface area contributed by atoms with Crippen LogP contribution in [-0.4, -0.2) is 22.4 Å². The summed E-state index contributed by atoms with van der Waals surface area (Å²) in [5.41, 5.74) is 0.264. The highest BCUT2D eigenvalue weighted by Gasteiger charge is 2.14. The lowest BCUT2D eigenvalue weighted by Crippen LogP contribution is -2.20. The van der Waals surface area contributed by atoms with Crippen LogP contribution in [0.5, 0.6) is 0 Å². The van der Waals surface area contributed by atoms with Gasteiger partial charge in [-0.05, 0) is 33.6 Å². The maximum absolute atomic E-state index is 9.64. The van der Waals surface area contributed by atoms with Crippen LogP contribution in [0, 0.1) is 11.8 Å². The fourth-order valence-corrected chi connectivity index (χ4v) is 0.934. The maximum Gasteiger partial charge on any atom is 0.123 e. The van der Waals surface area contributed by atoms with E-state index in [1.54, 1.807) is 6.92 Å². The van der Waals surface area contributed by atoms with Crippen LogP contribution in [0.15, 0.2) is 11.6 Å². The molecule has 0 aliphatic carbocycles. The SMILES string of the molecule is CC(C)=CCC[C@](C)(O)C#CCO. The Morgan fingerprint density at radius 3 is 2.54 bits per heavy atom. The molecular weight excluding hydrogens is 164 g/mol. The first kappa shape index (κ1) is 12.2. The highest BCUT2D eigenvalue weighted by molar-refractivity contribution is 5.12. The highest BCUT2D eigenvalue weighted by Crippen LogP contribution is 2.11. The number of hydrogen-bond donors (Lipinski definition) is 2. The van der Waals surface area contributed by atoms with Crippen molar-refractivity contribution in [3.8, 4) is 11.8 Å². The zero-order chi connectivity index (χ0) is 10.3. The predicted molar refractivity (Wildman–Crippen MR) is 54.2 cm³/mol. The molecule has 0 heterocycles. The molecule has 2 N–H and O–H groups in total. The van der Waals surface area contributed by atoms with Gasteiger partial charge in [0.2, 0.25) is 0 Å². The van der Waals surface area contributed by atoms with Gasteiger partial charge in [-0.25, -0.2) is 0 Å². The molecule has 1 atom stereocenters. The third kappa shape index (κ3) is 7.58. The van der Waals surface area contributed by atoms with Crippen LogP contribution >= 0.6 is 0 Å². The van der Waals surface area contributed by atoms with Gasteiger partial charge in [0, 0.05) is 0 Å². The molecule has 0 unspecified atom stereocenters. The smallest absolute Gasteiger partial charge is 0.123 e. The zero-order valence-electron chi connectivity index (χ0n) is 8.59. The van der Waals surface area contributed by atoms with E-state index in [2.05, 4.69) is 17.9 Å². The van der Waals surface area contributed by atoms with Gasteiger partial charge in [0.15, 0.2) is 0 Å². The number of aliphatic hydroxyl groups excluding tert-OH is 1. The van der Waals surface area contributed by atoms with E-state index in [9.17, 15) is 5.11 Å². The summed E-state index contributed by atoms with van der Waals surface area (Å²) >= 11 is 0. The van der Waals surface area contributed by atoms with Gasteiger partial charge < -0.3 is 10.2 Å². The van der Waals surface area contributed by atoms with Crippen LogP contribution in [-0.2, 0) is 0 Å². The summed E-state index contributed by atoms with van der Waals surface area (Å²) in [6.07, 6.45) is 3.48. The largest absolute Gasteiger partial charge is 0.384 e. The quantitative estimate of drug-likeness (QED) is 0.512. The fourth-order valence-electron chi connectivity index (χ4n) is 0.934. The second kappa shape index (κ2) is 5.80. The van der Waals surface area contributed by atoms with E-state index in [0.717, 1.165) is 6.42 Å². The van der Waals surface area contributed by atoms with E-state index in [-0.39, 0.29) is 6.61 Å². The van der Waals surface area contributed by atoms with Crippen molar-refractivity contribution in [2.75, 3.05) is 6.61 Å². The lowest BCUT2D eigenvalue weighted by molar-refractivity contribution is 0.113. The maximum atomic E-state index is 9.64. The van der Waals surface area contributed by atoms with Crippen LogP contribution < -0.4 is 0 Å². The summed E-state index contributed by atoms with van der Waals surface area (Å²) in [6.45, 7) is 5.51. The molecule has 0 aromatic heterocycles. The molecule has 2 nitrogen and oxygen atoms in total. The van der Waals surface area contributed by atoms with Gasteiger partial charge in [0.1, 0.15) is 12.2 Å². The minimum Gasteiger partial charge on any atom is -0.384 e. The number of rotatable bonds is 3. The minimum absolute atomic E-state index is 0.196. The van der Waals surface area contributed by atoms with Crippen LogP contribution in [0.25, 0.3) is 0 Å². The molecule has 0 spiro atoms. The topological polar surface area (TPSA) is 40.5 Å². The van der Waals surface area contributed by atoms with Crippen LogP contribution in [0.4, 0.5) is 0 Å². The van der Waals surface area contributed by atoms with E-state index in [1.807, 2.05) is 13.8 Å². The summed E-state index contributed by atoms with van der Waals surface area (Å²) in [5.74, 6) is 5.07. The van der Waals surface area contributed by atoms with Crippen LogP contribution in [0.2, 0.25) is 0 Å². The monoisotopic (exact) mass is 182 g/mol. The van der Waals surface area contributed by atoms with E-state index >= 15 is 0 Å². The molecule has 13 heavy (non-hydrogen) atoms. The van der Waals surface area contributed by atoms with E-state index in [4.69, 9.17) is 5.11 Å². The molecule has 0 aliphatic heterocycles. The average molecular weight is 182 g/mol. The van der Waals surface area contributed by atoms with Crippen molar-refractivity contribution in [1.29, 1.82) is 0 Å². The van der Waals surface area contributed by atoms with Crippen LogP contribution in [0.3, 0.4) is 0 Å². The van der Waals surface area contributed by atoms with Gasteiger partial charge in [-0.1, -0.05) is 23.5 Å². The minimum atomic E-state index is -0.978. The molecule has 0 aromatic rings. The third-order valence-electron chi connectivity index (χ3n) is 1.62. The van der Waals surface area contributed by atoms with Gasteiger partial charge in [0.25, 0.3) is 0 Å². The van der Waals surface area contributed by atoms with Gasteiger partial charge in [-0.3, -0.25) is 0 Å². The van der Waals surface area contributed by atoms with E-state index in [1.165, 1.54) is 5.57 Å². The van der Waals surface area contributed by atoms with Crippen molar-refractivity contribution in [3.63, 3.8) is 0 Å². The summed E-state index contributed by atoms with van der Waals surface area (Å²) in [4.78, 5) is 0. The Labute approximate surface area is 80.3 Å². The fraction of sp³-hybridized carbons (Fsp3) is 0.636. The molecule has 2 heteroatoms. The van der Waals surface area contributed by atoms with Crippen molar-refractivity contribution >= 4 is 0 Å². The van der Waals surface area contributed by atoms with Gasteiger partial charge in [-0.2, -0.15) is 0 Å². The number of aliphatic hydroxyl groups is 2. The molecule has 0 rings (SSSR count). The third-order valence-corrected chi connectivity index (χ3v) is 1.62. The van der Waals surface area contributed by atoms with Gasteiger partial charge >= 0.3 is 0 Å². The van der Waals surface area contributed by atoms with Crippen molar-refractivity contribution < 1.29 is 10.2 Å². The lowest BCUT2D eigenvalue weighted by Gasteiger charge is -2.14. The Bertz CT molecular complexity index is 224. The summed E-state index contributed by atoms with van der Waals surface area (Å²) in [6, 6.07) is 0. The standard InChI is InChI=1S/C11H18O2/c1-10(2)6-4-7-11(3,13)8-5-9-12/h6,12-13H,4,7,9H2,1-3H3/t11-/m0/s1. The first-order chi connectivity index (χ1) is 5.98. The van der Waals surface area contributed by atoms with Gasteiger partial charge in [-0.15, -0.1) is 0 Å². The van der Waals surface area contributed by atoms with E-state index in [0.29, 0.717) is 6.42 Å². The Balaban J connectivity index is 3.96.